The molecule has 3 rings (SSSR count). The molecule has 0 saturated carbocycles. The van der Waals surface area contributed by atoms with Crippen molar-refractivity contribution in [1.29, 1.82) is 0 Å². The zero-order valence-electron chi connectivity index (χ0n) is 11.6. The van der Waals surface area contributed by atoms with Gasteiger partial charge in [-0.2, -0.15) is 8.75 Å². The first-order valence-electron chi connectivity index (χ1n) is 6.58. The van der Waals surface area contributed by atoms with E-state index in [2.05, 4.69) is 14.1 Å². The van der Waals surface area contributed by atoms with Crippen molar-refractivity contribution in [3.63, 3.8) is 0 Å². The first-order chi connectivity index (χ1) is 10.6. The van der Waals surface area contributed by atoms with E-state index in [1.54, 1.807) is 43.3 Å². The van der Waals surface area contributed by atoms with Crippen LogP contribution in [0.5, 0.6) is 5.75 Å². The number of halogens is 1. The molecule has 1 N–H and O–H groups in total. The molecule has 22 heavy (non-hydrogen) atoms. The molecule has 2 aromatic carbocycles. The molecule has 0 spiro atoms. The van der Waals surface area contributed by atoms with Gasteiger partial charge >= 0.3 is 0 Å². The summed E-state index contributed by atoms with van der Waals surface area (Å²) in [6.45, 7) is 1.67. The Morgan fingerprint density at radius 3 is 2.82 bits per heavy atom. The maximum Gasteiger partial charge on any atom is 0.265 e. The van der Waals surface area contributed by atoms with Crippen molar-refractivity contribution >= 4 is 46.0 Å². The maximum absolute atomic E-state index is 12.2. The fraction of sp³-hybridized carbons (Fsp3) is 0.133. The van der Waals surface area contributed by atoms with Gasteiger partial charge in [0.25, 0.3) is 5.91 Å². The number of ether oxygens (including phenoxy) is 1. The van der Waals surface area contributed by atoms with Gasteiger partial charge in [-0.1, -0.05) is 23.7 Å². The van der Waals surface area contributed by atoms with Crippen LogP contribution in [0.2, 0.25) is 5.02 Å². The Labute approximate surface area is 136 Å². The Bertz CT molecular complexity index is 821. The largest absolute Gasteiger partial charge is 0.479 e. The molecular formula is C15H12ClN3O2S. The minimum absolute atomic E-state index is 0.262. The van der Waals surface area contributed by atoms with Gasteiger partial charge in [0.15, 0.2) is 6.10 Å². The average molecular weight is 334 g/mol. The minimum atomic E-state index is -0.677. The monoisotopic (exact) mass is 333 g/mol. The zero-order valence-corrected chi connectivity index (χ0v) is 13.2. The number of hydrogen-bond donors (Lipinski definition) is 1. The minimum Gasteiger partial charge on any atom is -0.479 e. The van der Waals surface area contributed by atoms with E-state index in [0.717, 1.165) is 22.8 Å². The van der Waals surface area contributed by atoms with Crippen molar-refractivity contribution in [1.82, 2.24) is 8.75 Å². The third kappa shape index (κ3) is 3.18. The van der Waals surface area contributed by atoms with E-state index >= 15 is 0 Å². The summed E-state index contributed by atoms with van der Waals surface area (Å²) in [4.78, 5) is 12.2. The highest BCUT2D eigenvalue weighted by Crippen LogP contribution is 2.24. The van der Waals surface area contributed by atoms with E-state index in [9.17, 15) is 4.79 Å². The normalized spacial score (nSPS) is 12.1. The van der Waals surface area contributed by atoms with Gasteiger partial charge in [-0.05, 0) is 37.3 Å². The molecule has 1 aromatic heterocycles. The molecule has 0 bridgehead atoms. The van der Waals surface area contributed by atoms with Crippen molar-refractivity contribution in [3.8, 4) is 5.75 Å². The molecule has 5 nitrogen and oxygen atoms in total. The molecule has 0 fully saturated rings. The fourth-order valence-electron chi connectivity index (χ4n) is 1.89. The van der Waals surface area contributed by atoms with Crippen LogP contribution >= 0.6 is 23.3 Å². The molecule has 0 aliphatic rings. The second-order valence-electron chi connectivity index (χ2n) is 4.65. The fourth-order valence-corrected chi connectivity index (χ4v) is 2.59. The number of fused-ring (bicyclic) bond motifs is 1. The van der Waals surface area contributed by atoms with Gasteiger partial charge in [-0.25, -0.2) is 0 Å². The van der Waals surface area contributed by atoms with E-state index in [1.807, 2.05) is 6.07 Å². The quantitative estimate of drug-likeness (QED) is 0.789. The molecule has 0 aliphatic heterocycles. The number of hydrogen-bond acceptors (Lipinski definition) is 5. The lowest BCUT2D eigenvalue weighted by Gasteiger charge is -2.15. The van der Waals surface area contributed by atoms with Crippen LogP contribution in [0.15, 0.2) is 42.5 Å². The van der Waals surface area contributed by atoms with Gasteiger partial charge in [0.1, 0.15) is 16.8 Å². The summed E-state index contributed by atoms with van der Waals surface area (Å²) < 4.78 is 13.8. The highest BCUT2D eigenvalue weighted by atomic mass is 35.5. The van der Waals surface area contributed by atoms with Crippen molar-refractivity contribution in [3.05, 3.63) is 47.5 Å². The first kappa shape index (κ1) is 14.7. The lowest BCUT2D eigenvalue weighted by Crippen LogP contribution is -2.30. The topological polar surface area (TPSA) is 64.1 Å². The molecular weight excluding hydrogens is 322 g/mol. The second-order valence-corrected chi connectivity index (χ2v) is 5.58. The Morgan fingerprint density at radius 2 is 2.00 bits per heavy atom. The van der Waals surface area contributed by atoms with Gasteiger partial charge in [-0.3, -0.25) is 4.79 Å². The lowest BCUT2D eigenvalue weighted by molar-refractivity contribution is -0.122. The van der Waals surface area contributed by atoms with E-state index in [1.165, 1.54) is 0 Å². The third-order valence-electron chi connectivity index (χ3n) is 3.03. The SMILES string of the molecule is CC(Oc1ccccc1Cl)C(=O)Nc1ccc2nsnc2c1. The number of nitrogens with one attached hydrogen (secondary N) is 1. The standard InChI is InChI=1S/C15H12ClN3O2S/c1-9(21-14-5-3-2-4-11(14)16)15(20)17-10-6-7-12-13(8-10)19-22-18-12/h2-9H,1H3,(H,17,20). The molecule has 1 amide bonds. The average Bonchev–Trinajstić information content (AvgIpc) is 2.97. The molecule has 0 radical (unpaired) electrons. The summed E-state index contributed by atoms with van der Waals surface area (Å²) in [5.74, 6) is 0.216. The Morgan fingerprint density at radius 1 is 1.23 bits per heavy atom. The number of rotatable bonds is 4. The van der Waals surface area contributed by atoms with E-state index in [4.69, 9.17) is 16.3 Å². The van der Waals surface area contributed by atoms with Crippen LogP contribution in [0.25, 0.3) is 11.0 Å². The number of aromatic nitrogens is 2. The van der Waals surface area contributed by atoms with Crippen LogP contribution in [0, 0.1) is 0 Å². The zero-order chi connectivity index (χ0) is 15.5. The van der Waals surface area contributed by atoms with Crippen LogP contribution in [-0.4, -0.2) is 20.8 Å². The van der Waals surface area contributed by atoms with Gasteiger partial charge in [0.05, 0.1) is 16.8 Å². The molecule has 0 aliphatic carbocycles. The predicted molar refractivity (Wildman–Crippen MR) is 87.6 cm³/mol. The Balaban J connectivity index is 1.69. The number of amides is 1. The van der Waals surface area contributed by atoms with Crippen molar-refractivity contribution in [2.45, 2.75) is 13.0 Å². The summed E-state index contributed by atoms with van der Waals surface area (Å²) in [5.41, 5.74) is 2.21. The number of carbonyl (C=O) groups is 1. The van der Waals surface area contributed by atoms with Crippen LogP contribution < -0.4 is 10.1 Å². The molecule has 0 saturated heterocycles. The summed E-state index contributed by atoms with van der Waals surface area (Å²) in [6, 6.07) is 12.4. The van der Waals surface area contributed by atoms with Crippen molar-refractivity contribution in [2.75, 3.05) is 5.32 Å². The molecule has 3 aromatic rings. The van der Waals surface area contributed by atoms with E-state index in [0.29, 0.717) is 16.5 Å². The summed E-state index contributed by atoms with van der Waals surface area (Å²) in [5, 5.41) is 3.26. The summed E-state index contributed by atoms with van der Waals surface area (Å²) >= 11 is 7.15. The number of para-hydroxylation sites is 1. The Kier molecular flexibility index (Phi) is 4.22. The number of anilines is 1. The van der Waals surface area contributed by atoms with Crippen LogP contribution in [-0.2, 0) is 4.79 Å². The first-order valence-corrected chi connectivity index (χ1v) is 7.68. The molecule has 1 unspecified atom stereocenters. The van der Waals surface area contributed by atoms with Gasteiger partial charge < -0.3 is 10.1 Å². The molecule has 1 heterocycles. The number of nitrogens with zero attached hydrogens (tertiary/aromatic N) is 2. The smallest absolute Gasteiger partial charge is 0.265 e. The van der Waals surface area contributed by atoms with Gasteiger partial charge in [0.2, 0.25) is 0 Å². The number of carbonyl (C=O) groups excluding carboxylic acids is 1. The van der Waals surface area contributed by atoms with Gasteiger partial charge in [-0.15, -0.1) is 0 Å². The molecule has 112 valence electrons. The highest BCUT2D eigenvalue weighted by molar-refractivity contribution is 7.00. The molecule has 7 heteroatoms. The van der Waals surface area contributed by atoms with Crippen molar-refractivity contribution < 1.29 is 9.53 Å². The summed E-state index contributed by atoms with van der Waals surface area (Å²) in [7, 11) is 0. The van der Waals surface area contributed by atoms with Gasteiger partial charge in [0, 0.05) is 5.69 Å². The lowest BCUT2D eigenvalue weighted by atomic mass is 10.2. The van der Waals surface area contributed by atoms with Crippen LogP contribution in [0.3, 0.4) is 0 Å². The van der Waals surface area contributed by atoms with Crippen LogP contribution in [0.1, 0.15) is 6.92 Å². The second kappa shape index (κ2) is 6.29. The molecule has 1 atom stereocenters. The highest BCUT2D eigenvalue weighted by Gasteiger charge is 2.16. The summed E-state index contributed by atoms with van der Waals surface area (Å²) in [6.07, 6.45) is -0.677. The number of benzene rings is 2. The maximum atomic E-state index is 12.2. The predicted octanol–water partition coefficient (Wildman–Crippen LogP) is 3.75. The van der Waals surface area contributed by atoms with E-state index in [-0.39, 0.29) is 5.91 Å². The van der Waals surface area contributed by atoms with Crippen molar-refractivity contribution in [2.24, 2.45) is 0 Å². The van der Waals surface area contributed by atoms with Crippen LogP contribution in [0.4, 0.5) is 5.69 Å². The third-order valence-corrected chi connectivity index (χ3v) is 3.90. The Hall–Kier alpha value is -2.18. The van der Waals surface area contributed by atoms with E-state index < -0.39 is 6.10 Å².